The monoisotopic (exact) mass is 269 g/mol. The van der Waals surface area contributed by atoms with Crippen molar-refractivity contribution in [3.63, 3.8) is 0 Å². The maximum Gasteiger partial charge on any atom is 0.314 e. The molecule has 0 spiro atoms. The average Bonchev–Trinajstić information content (AvgIpc) is 2.68. The van der Waals surface area contributed by atoms with Gasteiger partial charge in [0, 0.05) is 32.6 Å². The lowest BCUT2D eigenvalue weighted by molar-refractivity contribution is -0.131. The first-order valence-electron chi connectivity index (χ1n) is 7.53. The fourth-order valence-corrected chi connectivity index (χ4v) is 2.20. The molecule has 19 heavy (non-hydrogen) atoms. The molecule has 0 aromatic rings. The molecule has 0 aromatic heterocycles. The maximum atomic E-state index is 11.9. The first kappa shape index (κ1) is 15.8. The maximum absolute atomic E-state index is 11.9. The number of rotatable bonds is 6. The SMILES string of the molecule is CCCCNC(=O)NCCC(=O)N1CCCCCC1. The molecule has 110 valence electrons. The Balaban J connectivity index is 2.10. The molecule has 1 fully saturated rings. The van der Waals surface area contributed by atoms with Gasteiger partial charge in [-0.3, -0.25) is 4.79 Å². The Labute approximate surface area is 116 Å². The summed E-state index contributed by atoms with van der Waals surface area (Å²) in [7, 11) is 0. The molecule has 2 N–H and O–H groups in total. The number of hydrogen-bond acceptors (Lipinski definition) is 2. The van der Waals surface area contributed by atoms with Crippen LogP contribution in [0, 0.1) is 0 Å². The minimum absolute atomic E-state index is 0.163. The highest BCUT2D eigenvalue weighted by atomic mass is 16.2. The zero-order valence-corrected chi connectivity index (χ0v) is 12.0. The quantitative estimate of drug-likeness (QED) is 0.723. The average molecular weight is 269 g/mol. The summed E-state index contributed by atoms with van der Waals surface area (Å²) < 4.78 is 0. The predicted octanol–water partition coefficient (Wildman–Crippen LogP) is 1.88. The van der Waals surface area contributed by atoms with E-state index in [0.717, 1.165) is 38.8 Å². The van der Waals surface area contributed by atoms with E-state index in [1.807, 2.05) is 4.90 Å². The summed E-state index contributed by atoms with van der Waals surface area (Å²) in [4.78, 5) is 25.3. The van der Waals surface area contributed by atoms with E-state index in [1.54, 1.807) is 0 Å². The molecule has 0 aliphatic carbocycles. The van der Waals surface area contributed by atoms with E-state index in [0.29, 0.717) is 19.5 Å². The van der Waals surface area contributed by atoms with Gasteiger partial charge in [0.05, 0.1) is 0 Å². The number of hydrogen-bond donors (Lipinski definition) is 2. The van der Waals surface area contributed by atoms with Gasteiger partial charge < -0.3 is 15.5 Å². The number of urea groups is 1. The Hall–Kier alpha value is -1.26. The number of amides is 3. The van der Waals surface area contributed by atoms with E-state index in [-0.39, 0.29) is 11.9 Å². The van der Waals surface area contributed by atoms with Gasteiger partial charge in [0.25, 0.3) is 0 Å². The van der Waals surface area contributed by atoms with Crippen LogP contribution in [0.25, 0.3) is 0 Å². The molecule has 5 nitrogen and oxygen atoms in total. The molecule has 0 saturated carbocycles. The topological polar surface area (TPSA) is 61.4 Å². The lowest BCUT2D eigenvalue weighted by Gasteiger charge is -2.20. The van der Waals surface area contributed by atoms with Crippen molar-refractivity contribution in [3.8, 4) is 0 Å². The molecule has 0 aromatic carbocycles. The van der Waals surface area contributed by atoms with Crippen molar-refractivity contribution in [2.24, 2.45) is 0 Å². The number of unbranched alkanes of at least 4 members (excludes halogenated alkanes) is 1. The molecule has 0 atom stereocenters. The highest BCUT2D eigenvalue weighted by Gasteiger charge is 2.14. The van der Waals surface area contributed by atoms with Gasteiger partial charge in [-0.15, -0.1) is 0 Å². The summed E-state index contributed by atoms with van der Waals surface area (Å²) in [6.45, 7) is 4.96. The van der Waals surface area contributed by atoms with Gasteiger partial charge in [-0.05, 0) is 19.3 Å². The molecule has 1 heterocycles. The summed E-state index contributed by atoms with van der Waals surface area (Å²) in [6.07, 6.45) is 7.12. The van der Waals surface area contributed by atoms with Crippen LogP contribution in [0.2, 0.25) is 0 Å². The molecule has 0 unspecified atom stereocenters. The Morgan fingerprint density at radius 3 is 2.26 bits per heavy atom. The van der Waals surface area contributed by atoms with Gasteiger partial charge in [0.1, 0.15) is 0 Å². The number of carbonyl (C=O) groups excluding carboxylic acids is 2. The van der Waals surface area contributed by atoms with E-state index in [9.17, 15) is 9.59 Å². The molecule has 1 saturated heterocycles. The van der Waals surface area contributed by atoms with Crippen molar-refractivity contribution in [2.75, 3.05) is 26.2 Å². The lowest BCUT2D eigenvalue weighted by atomic mass is 10.2. The van der Waals surface area contributed by atoms with Crippen molar-refractivity contribution in [3.05, 3.63) is 0 Å². The third-order valence-corrected chi connectivity index (χ3v) is 3.40. The number of nitrogens with zero attached hydrogens (tertiary/aromatic N) is 1. The Morgan fingerprint density at radius 1 is 1.00 bits per heavy atom. The molecule has 0 radical (unpaired) electrons. The molecular formula is C14H27N3O2. The van der Waals surface area contributed by atoms with Gasteiger partial charge in [0.15, 0.2) is 0 Å². The van der Waals surface area contributed by atoms with Gasteiger partial charge in [0.2, 0.25) is 5.91 Å². The smallest absolute Gasteiger partial charge is 0.314 e. The van der Waals surface area contributed by atoms with Crippen LogP contribution in [0.4, 0.5) is 4.79 Å². The van der Waals surface area contributed by atoms with Crippen molar-refractivity contribution in [1.29, 1.82) is 0 Å². The van der Waals surface area contributed by atoms with Crippen molar-refractivity contribution in [2.45, 2.75) is 51.9 Å². The van der Waals surface area contributed by atoms with Crippen LogP contribution in [-0.2, 0) is 4.79 Å². The highest BCUT2D eigenvalue weighted by Crippen LogP contribution is 2.10. The fourth-order valence-electron chi connectivity index (χ4n) is 2.20. The van der Waals surface area contributed by atoms with Gasteiger partial charge in [-0.1, -0.05) is 26.2 Å². The van der Waals surface area contributed by atoms with Crippen LogP contribution < -0.4 is 10.6 Å². The fraction of sp³-hybridized carbons (Fsp3) is 0.857. The van der Waals surface area contributed by atoms with E-state index >= 15 is 0 Å². The molecule has 1 aliphatic rings. The normalized spacial score (nSPS) is 15.7. The van der Waals surface area contributed by atoms with Crippen LogP contribution in [0.15, 0.2) is 0 Å². The second kappa shape index (κ2) is 9.64. The first-order chi connectivity index (χ1) is 9.24. The minimum Gasteiger partial charge on any atom is -0.343 e. The third-order valence-electron chi connectivity index (χ3n) is 3.40. The second-order valence-electron chi connectivity index (χ2n) is 5.08. The number of carbonyl (C=O) groups is 2. The summed E-state index contributed by atoms with van der Waals surface area (Å²) in [6, 6.07) is -0.169. The lowest BCUT2D eigenvalue weighted by Crippen LogP contribution is -2.39. The second-order valence-corrected chi connectivity index (χ2v) is 5.08. The third kappa shape index (κ3) is 7.03. The van der Waals surface area contributed by atoms with Crippen LogP contribution >= 0.6 is 0 Å². The number of nitrogens with one attached hydrogen (secondary N) is 2. The minimum atomic E-state index is -0.169. The van der Waals surface area contributed by atoms with Crippen molar-refractivity contribution in [1.82, 2.24) is 15.5 Å². The van der Waals surface area contributed by atoms with Gasteiger partial charge in [-0.2, -0.15) is 0 Å². The molecule has 0 bridgehead atoms. The summed E-state index contributed by atoms with van der Waals surface area (Å²) in [5.74, 6) is 0.163. The summed E-state index contributed by atoms with van der Waals surface area (Å²) >= 11 is 0. The largest absolute Gasteiger partial charge is 0.343 e. The molecular weight excluding hydrogens is 242 g/mol. The summed E-state index contributed by atoms with van der Waals surface area (Å²) in [5.41, 5.74) is 0. The van der Waals surface area contributed by atoms with Crippen molar-refractivity contribution < 1.29 is 9.59 Å². The van der Waals surface area contributed by atoms with Crippen LogP contribution in [0.1, 0.15) is 51.9 Å². The van der Waals surface area contributed by atoms with E-state index in [2.05, 4.69) is 17.6 Å². The Bertz CT molecular complexity index is 274. The zero-order chi connectivity index (χ0) is 13.9. The summed E-state index contributed by atoms with van der Waals surface area (Å²) in [5, 5.41) is 5.50. The van der Waals surface area contributed by atoms with Crippen molar-refractivity contribution >= 4 is 11.9 Å². The highest BCUT2D eigenvalue weighted by molar-refractivity contribution is 5.78. The molecule has 1 aliphatic heterocycles. The van der Waals surface area contributed by atoms with E-state index in [1.165, 1.54) is 12.8 Å². The Kier molecular flexibility index (Phi) is 8.02. The zero-order valence-electron chi connectivity index (χ0n) is 12.0. The standard InChI is InChI=1S/C14H27N3O2/c1-2-3-9-15-14(19)16-10-8-13(18)17-11-6-4-5-7-12-17/h2-12H2,1H3,(H2,15,16,19). The molecule has 3 amide bonds. The van der Waals surface area contributed by atoms with Gasteiger partial charge >= 0.3 is 6.03 Å². The van der Waals surface area contributed by atoms with E-state index in [4.69, 9.17) is 0 Å². The predicted molar refractivity (Wildman–Crippen MR) is 76.0 cm³/mol. The van der Waals surface area contributed by atoms with E-state index < -0.39 is 0 Å². The number of likely N-dealkylation sites (tertiary alicyclic amines) is 1. The Morgan fingerprint density at radius 2 is 1.63 bits per heavy atom. The van der Waals surface area contributed by atoms with Crippen LogP contribution in [0.3, 0.4) is 0 Å². The van der Waals surface area contributed by atoms with Gasteiger partial charge in [-0.25, -0.2) is 4.79 Å². The van der Waals surface area contributed by atoms with Crippen LogP contribution in [-0.4, -0.2) is 43.0 Å². The molecule has 1 rings (SSSR count). The van der Waals surface area contributed by atoms with Crippen LogP contribution in [0.5, 0.6) is 0 Å². The first-order valence-corrected chi connectivity index (χ1v) is 7.53. The molecule has 5 heteroatoms.